The summed E-state index contributed by atoms with van der Waals surface area (Å²) in [4.78, 5) is 11.2. The van der Waals surface area contributed by atoms with E-state index in [0.29, 0.717) is 6.61 Å². The van der Waals surface area contributed by atoms with Gasteiger partial charge in [-0.25, -0.2) is 0 Å². The van der Waals surface area contributed by atoms with Gasteiger partial charge in [0.1, 0.15) is 7.14 Å². The van der Waals surface area contributed by atoms with Gasteiger partial charge in [-0.15, -0.1) is 0 Å². The second kappa shape index (κ2) is 5.31. The van der Waals surface area contributed by atoms with Crippen LogP contribution in [0.25, 0.3) is 0 Å². The van der Waals surface area contributed by atoms with Crippen LogP contribution in [0.5, 0.6) is 0 Å². The van der Waals surface area contributed by atoms with Crippen LogP contribution in [-0.2, 0) is 20.5 Å². The van der Waals surface area contributed by atoms with Crippen LogP contribution in [0, 0.1) is 0 Å². The van der Waals surface area contributed by atoms with Gasteiger partial charge in [-0.1, -0.05) is 24.3 Å². The van der Waals surface area contributed by atoms with E-state index in [2.05, 4.69) is 0 Å². The zero-order chi connectivity index (χ0) is 12.2. The Bertz CT molecular complexity index is 403. The maximum atomic E-state index is 11.8. The molecule has 0 unspecified atom stereocenters. The molecule has 0 aliphatic carbocycles. The number of carbonyl (C=O) groups excluding carboxylic acids is 1. The molecular weight excluding hydrogens is 223 g/mol. The van der Waals surface area contributed by atoms with E-state index in [0.717, 1.165) is 10.9 Å². The van der Waals surface area contributed by atoms with Crippen molar-refractivity contribution in [2.45, 2.75) is 13.3 Å². The first-order chi connectivity index (χ1) is 7.43. The van der Waals surface area contributed by atoms with Crippen LogP contribution in [0.15, 0.2) is 24.3 Å². The Morgan fingerprint density at radius 2 is 1.81 bits per heavy atom. The van der Waals surface area contributed by atoms with Crippen molar-refractivity contribution in [1.82, 2.24) is 0 Å². The van der Waals surface area contributed by atoms with Gasteiger partial charge in [-0.05, 0) is 25.8 Å². The standard InChI is InChI=1S/C12H17O3P/c1-4-15-12(13)9-10-5-7-11(8-6-10)16(2,3)14/h5-8H,4,9H2,1-3H3. The lowest BCUT2D eigenvalue weighted by molar-refractivity contribution is -0.142. The summed E-state index contributed by atoms with van der Waals surface area (Å²) < 4.78 is 16.6. The number of carbonyl (C=O) groups is 1. The molecule has 0 bridgehead atoms. The number of ether oxygens (including phenoxy) is 1. The fourth-order valence-corrected chi connectivity index (χ4v) is 2.22. The van der Waals surface area contributed by atoms with E-state index in [1.807, 2.05) is 24.3 Å². The maximum Gasteiger partial charge on any atom is 0.310 e. The molecule has 0 amide bonds. The normalized spacial score (nSPS) is 11.2. The monoisotopic (exact) mass is 240 g/mol. The Morgan fingerprint density at radius 1 is 1.25 bits per heavy atom. The molecule has 0 saturated carbocycles. The Hall–Kier alpha value is -1.08. The number of hydrogen-bond acceptors (Lipinski definition) is 3. The predicted molar refractivity (Wildman–Crippen MR) is 65.9 cm³/mol. The van der Waals surface area contributed by atoms with Crippen LogP contribution in [-0.4, -0.2) is 25.9 Å². The van der Waals surface area contributed by atoms with E-state index in [-0.39, 0.29) is 12.4 Å². The van der Waals surface area contributed by atoms with E-state index < -0.39 is 7.14 Å². The van der Waals surface area contributed by atoms with Crippen LogP contribution in [0.2, 0.25) is 0 Å². The van der Waals surface area contributed by atoms with Crippen molar-refractivity contribution >= 4 is 18.4 Å². The molecule has 1 rings (SSSR count). The number of hydrogen-bond donors (Lipinski definition) is 0. The lowest BCUT2D eigenvalue weighted by Crippen LogP contribution is -2.09. The molecule has 1 aromatic rings. The Labute approximate surface area is 96.2 Å². The highest BCUT2D eigenvalue weighted by atomic mass is 31.2. The molecule has 0 radical (unpaired) electrons. The summed E-state index contributed by atoms with van der Waals surface area (Å²) in [6.45, 7) is 5.64. The average molecular weight is 240 g/mol. The number of rotatable bonds is 4. The third kappa shape index (κ3) is 3.82. The molecule has 0 N–H and O–H groups in total. The van der Waals surface area contributed by atoms with Gasteiger partial charge in [-0.3, -0.25) is 4.79 Å². The van der Waals surface area contributed by atoms with E-state index >= 15 is 0 Å². The molecule has 0 saturated heterocycles. The molecule has 0 spiro atoms. The third-order valence-corrected chi connectivity index (χ3v) is 3.75. The minimum absolute atomic E-state index is 0.230. The second-order valence-electron chi connectivity index (χ2n) is 4.00. The fourth-order valence-electron chi connectivity index (χ4n) is 1.35. The summed E-state index contributed by atoms with van der Waals surface area (Å²) in [5.41, 5.74) is 0.885. The van der Waals surface area contributed by atoms with Gasteiger partial charge in [0, 0.05) is 5.30 Å². The van der Waals surface area contributed by atoms with Crippen LogP contribution in [0.1, 0.15) is 12.5 Å². The van der Waals surface area contributed by atoms with E-state index in [4.69, 9.17) is 4.74 Å². The molecule has 4 heteroatoms. The van der Waals surface area contributed by atoms with E-state index in [9.17, 15) is 9.36 Å². The molecule has 1 aromatic carbocycles. The molecule has 16 heavy (non-hydrogen) atoms. The lowest BCUT2D eigenvalue weighted by atomic mass is 10.1. The van der Waals surface area contributed by atoms with Crippen LogP contribution < -0.4 is 5.30 Å². The van der Waals surface area contributed by atoms with Gasteiger partial charge in [0.2, 0.25) is 0 Å². The van der Waals surface area contributed by atoms with Crippen LogP contribution in [0.3, 0.4) is 0 Å². The zero-order valence-electron chi connectivity index (χ0n) is 9.90. The summed E-state index contributed by atoms with van der Waals surface area (Å²) >= 11 is 0. The molecule has 0 aliphatic rings. The third-order valence-electron chi connectivity index (χ3n) is 2.21. The molecule has 0 aromatic heterocycles. The number of benzene rings is 1. The molecule has 0 heterocycles. The van der Waals surface area contributed by atoms with Crippen molar-refractivity contribution in [2.75, 3.05) is 19.9 Å². The maximum absolute atomic E-state index is 11.8. The molecule has 3 nitrogen and oxygen atoms in total. The minimum Gasteiger partial charge on any atom is -0.466 e. The van der Waals surface area contributed by atoms with Crippen LogP contribution in [0.4, 0.5) is 0 Å². The van der Waals surface area contributed by atoms with Crippen molar-refractivity contribution in [1.29, 1.82) is 0 Å². The summed E-state index contributed by atoms with van der Waals surface area (Å²) in [5.74, 6) is -0.230. The first-order valence-electron chi connectivity index (χ1n) is 5.23. The minimum atomic E-state index is -2.20. The van der Waals surface area contributed by atoms with Crippen molar-refractivity contribution in [3.63, 3.8) is 0 Å². The summed E-state index contributed by atoms with van der Waals surface area (Å²) in [6.07, 6.45) is 0.270. The van der Waals surface area contributed by atoms with Gasteiger partial charge in [0.05, 0.1) is 13.0 Å². The first kappa shape index (κ1) is 13.0. The van der Waals surface area contributed by atoms with Gasteiger partial charge < -0.3 is 9.30 Å². The summed E-state index contributed by atoms with van der Waals surface area (Å²) in [5, 5.41) is 0.833. The zero-order valence-corrected chi connectivity index (χ0v) is 10.8. The molecule has 0 atom stereocenters. The Balaban J connectivity index is 2.72. The molecule has 0 aliphatic heterocycles. The topological polar surface area (TPSA) is 43.4 Å². The smallest absolute Gasteiger partial charge is 0.310 e. The second-order valence-corrected chi connectivity index (χ2v) is 7.22. The highest BCUT2D eigenvalue weighted by Crippen LogP contribution is 2.34. The molecule has 88 valence electrons. The highest BCUT2D eigenvalue weighted by molar-refractivity contribution is 7.70. The quantitative estimate of drug-likeness (QED) is 0.597. The highest BCUT2D eigenvalue weighted by Gasteiger charge is 2.11. The van der Waals surface area contributed by atoms with Gasteiger partial charge in [0.25, 0.3) is 0 Å². The first-order valence-corrected chi connectivity index (χ1v) is 7.83. The molecular formula is C12H17O3P. The Kier molecular flexibility index (Phi) is 4.31. The van der Waals surface area contributed by atoms with Crippen molar-refractivity contribution < 1.29 is 14.1 Å². The summed E-state index contributed by atoms with van der Waals surface area (Å²) in [7, 11) is -2.20. The van der Waals surface area contributed by atoms with Crippen molar-refractivity contribution in [3.05, 3.63) is 29.8 Å². The van der Waals surface area contributed by atoms with Crippen molar-refractivity contribution in [2.24, 2.45) is 0 Å². The average Bonchev–Trinajstić information content (AvgIpc) is 2.17. The Morgan fingerprint density at radius 3 is 2.25 bits per heavy atom. The molecule has 0 fully saturated rings. The van der Waals surface area contributed by atoms with Crippen molar-refractivity contribution in [3.8, 4) is 0 Å². The fraction of sp³-hybridized carbons (Fsp3) is 0.417. The van der Waals surface area contributed by atoms with Crippen LogP contribution >= 0.6 is 7.14 Å². The van der Waals surface area contributed by atoms with Gasteiger partial charge in [-0.2, -0.15) is 0 Å². The number of esters is 1. The summed E-state index contributed by atoms with van der Waals surface area (Å²) in [6, 6.07) is 7.28. The predicted octanol–water partition coefficient (Wildman–Crippen LogP) is 2.04. The van der Waals surface area contributed by atoms with Gasteiger partial charge in [0.15, 0.2) is 0 Å². The lowest BCUT2D eigenvalue weighted by Gasteiger charge is -2.07. The SMILES string of the molecule is CCOC(=O)Cc1ccc(P(C)(C)=O)cc1. The van der Waals surface area contributed by atoms with Gasteiger partial charge >= 0.3 is 5.97 Å². The van der Waals surface area contributed by atoms with E-state index in [1.165, 1.54) is 0 Å². The largest absolute Gasteiger partial charge is 0.466 e. The van der Waals surface area contributed by atoms with E-state index in [1.54, 1.807) is 20.3 Å².